The van der Waals surface area contributed by atoms with Crippen molar-refractivity contribution in [1.29, 1.82) is 0 Å². The van der Waals surface area contributed by atoms with E-state index < -0.39 is 0 Å². The molecule has 1 aliphatic carbocycles. The highest BCUT2D eigenvalue weighted by atomic mass is 32.2. The van der Waals surface area contributed by atoms with Gasteiger partial charge in [-0.05, 0) is 59.6 Å². The molecule has 1 aromatic carbocycles. The zero-order valence-electron chi connectivity index (χ0n) is 16.9. The van der Waals surface area contributed by atoms with Gasteiger partial charge in [0.1, 0.15) is 5.82 Å². The molecule has 0 saturated heterocycles. The third-order valence-corrected chi connectivity index (χ3v) is 6.63. The van der Waals surface area contributed by atoms with E-state index in [4.69, 9.17) is 0 Å². The largest absolute Gasteiger partial charge is 0.379 e. The molecule has 3 rings (SSSR count). The third kappa shape index (κ3) is 5.08. The van der Waals surface area contributed by atoms with Gasteiger partial charge in [-0.15, -0.1) is 11.8 Å². The van der Waals surface area contributed by atoms with E-state index in [0.717, 1.165) is 24.2 Å². The standard InChI is InChI=1S/C25H30FNS/c1-4-9-18(2)21-12-8-13-22-19(3)10-7-11-20(17-28-25(21)22)16-27-24-15-6-5-14-23(24)26/h5-7,10-12,14-15,18,27H,3-4,8-9,13,16-17H2,1-2H3/b10-7-,20-11-. The van der Waals surface area contributed by atoms with Crippen molar-refractivity contribution in [3.8, 4) is 0 Å². The van der Waals surface area contributed by atoms with Crippen LogP contribution >= 0.6 is 11.8 Å². The predicted molar refractivity (Wildman–Crippen MR) is 122 cm³/mol. The van der Waals surface area contributed by atoms with Crippen LogP contribution in [0.4, 0.5) is 10.1 Å². The summed E-state index contributed by atoms with van der Waals surface area (Å²) < 4.78 is 13.9. The van der Waals surface area contributed by atoms with Gasteiger partial charge in [-0.3, -0.25) is 0 Å². The Bertz CT molecular complexity index is 844. The Morgan fingerprint density at radius 3 is 2.89 bits per heavy atom. The van der Waals surface area contributed by atoms with Crippen LogP contribution in [0.2, 0.25) is 0 Å². The highest BCUT2D eigenvalue weighted by Gasteiger charge is 2.22. The molecular formula is C25H30FNS. The molecule has 0 aromatic heterocycles. The Kier molecular flexibility index (Phi) is 7.38. The Hall–Kier alpha value is -2.00. The molecule has 1 N–H and O–H groups in total. The molecule has 1 heterocycles. The molecule has 28 heavy (non-hydrogen) atoms. The fourth-order valence-corrected chi connectivity index (χ4v) is 5.17. The Morgan fingerprint density at radius 1 is 1.29 bits per heavy atom. The van der Waals surface area contributed by atoms with E-state index in [1.807, 2.05) is 17.8 Å². The van der Waals surface area contributed by atoms with Crippen LogP contribution in [0.25, 0.3) is 0 Å². The van der Waals surface area contributed by atoms with Gasteiger partial charge >= 0.3 is 0 Å². The number of halogens is 1. The summed E-state index contributed by atoms with van der Waals surface area (Å²) in [6.45, 7) is 9.56. The summed E-state index contributed by atoms with van der Waals surface area (Å²) in [5, 5.41) is 3.25. The molecule has 3 heteroatoms. The second-order valence-electron chi connectivity index (χ2n) is 7.53. The molecule has 0 bridgehead atoms. The highest BCUT2D eigenvalue weighted by Crippen LogP contribution is 2.42. The number of thioether (sulfide) groups is 1. The van der Waals surface area contributed by atoms with Crippen LogP contribution in [0.15, 0.2) is 82.3 Å². The summed E-state index contributed by atoms with van der Waals surface area (Å²) in [4.78, 5) is 1.42. The average molecular weight is 396 g/mol. The van der Waals surface area contributed by atoms with Crippen molar-refractivity contribution >= 4 is 17.4 Å². The minimum Gasteiger partial charge on any atom is -0.379 e. The van der Waals surface area contributed by atoms with E-state index in [0.29, 0.717) is 18.2 Å². The first-order valence-corrected chi connectivity index (χ1v) is 11.2. The molecule has 1 atom stereocenters. The van der Waals surface area contributed by atoms with E-state index in [1.165, 1.54) is 40.5 Å². The lowest BCUT2D eigenvalue weighted by atomic mass is 9.86. The highest BCUT2D eigenvalue weighted by molar-refractivity contribution is 8.03. The first-order valence-electron chi connectivity index (χ1n) is 10.2. The number of hydrogen-bond acceptors (Lipinski definition) is 2. The zero-order valence-corrected chi connectivity index (χ0v) is 17.7. The monoisotopic (exact) mass is 395 g/mol. The van der Waals surface area contributed by atoms with Gasteiger partial charge in [0, 0.05) is 17.2 Å². The number of hydrogen-bond donors (Lipinski definition) is 1. The van der Waals surface area contributed by atoms with Gasteiger partial charge in [0.25, 0.3) is 0 Å². The van der Waals surface area contributed by atoms with Gasteiger partial charge in [0.2, 0.25) is 0 Å². The SMILES string of the molecule is C=C1/C=C\C=C(\CNc2ccccc2F)CSC2=C1CCC=C2C(C)CCC. The van der Waals surface area contributed by atoms with Gasteiger partial charge in [-0.1, -0.05) is 63.3 Å². The van der Waals surface area contributed by atoms with Crippen molar-refractivity contribution in [2.24, 2.45) is 5.92 Å². The second-order valence-corrected chi connectivity index (χ2v) is 8.51. The molecule has 2 aliphatic rings. The summed E-state index contributed by atoms with van der Waals surface area (Å²) >= 11 is 1.92. The molecule has 1 aromatic rings. The minimum absolute atomic E-state index is 0.210. The van der Waals surface area contributed by atoms with Crippen molar-refractivity contribution in [1.82, 2.24) is 0 Å². The number of benzene rings is 1. The molecular weight excluding hydrogens is 365 g/mol. The topological polar surface area (TPSA) is 12.0 Å². The van der Waals surface area contributed by atoms with Gasteiger partial charge in [-0.2, -0.15) is 0 Å². The number of nitrogens with one attached hydrogen (secondary N) is 1. The number of para-hydroxylation sites is 1. The fourth-order valence-electron chi connectivity index (χ4n) is 3.78. The average Bonchev–Trinajstić information content (AvgIpc) is 2.77. The third-order valence-electron chi connectivity index (χ3n) is 5.35. The van der Waals surface area contributed by atoms with E-state index in [9.17, 15) is 4.39 Å². The van der Waals surface area contributed by atoms with E-state index in [2.05, 4.69) is 50.0 Å². The van der Waals surface area contributed by atoms with Crippen LogP contribution in [0, 0.1) is 11.7 Å². The van der Waals surface area contributed by atoms with Crippen LogP contribution in [0.1, 0.15) is 39.5 Å². The van der Waals surface area contributed by atoms with Gasteiger partial charge in [-0.25, -0.2) is 4.39 Å². The molecule has 1 aliphatic heterocycles. The lowest BCUT2D eigenvalue weighted by molar-refractivity contribution is 0.604. The summed E-state index contributed by atoms with van der Waals surface area (Å²) in [6.07, 6.45) is 13.4. The molecule has 0 radical (unpaired) electrons. The maximum Gasteiger partial charge on any atom is 0.146 e. The van der Waals surface area contributed by atoms with E-state index in [1.54, 1.807) is 12.1 Å². The molecule has 0 fully saturated rings. The number of anilines is 1. The lowest BCUT2D eigenvalue weighted by Gasteiger charge is -2.26. The maximum absolute atomic E-state index is 13.9. The number of rotatable bonds is 6. The summed E-state index contributed by atoms with van der Waals surface area (Å²) in [6, 6.07) is 6.84. The van der Waals surface area contributed by atoms with E-state index in [-0.39, 0.29) is 5.82 Å². The lowest BCUT2D eigenvalue weighted by Crippen LogP contribution is -2.10. The Morgan fingerprint density at radius 2 is 2.11 bits per heavy atom. The second kappa shape index (κ2) is 9.97. The van der Waals surface area contributed by atoms with Crippen LogP contribution in [-0.4, -0.2) is 12.3 Å². The van der Waals surface area contributed by atoms with Crippen LogP contribution in [-0.2, 0) is 0 Å². The van der Waals surface area contributed by atoms with Gasteiger partial charge in [0.05, 0.1) is 5.69 Å². The molecule has 148 valence electrons. The van der Waals surface area contributed by atoms with Crippen molar-refractivity contribution in [2.45, 2.75) is 39.5 Å². The normalized spacial score (nSPS) is 21.5. The molecule has 1 nitrogen and oxygen atoms in total. The molecule has 0 saturated carbocycles. The summed E-state index contributed by atoms with van der Waals surface area (Å²) in [5.74, 6) is 1.26. The number of allylic oxidation sites excluding steroid dienone is 7. The maximum atomic E-state index is 13.9. The van der Waals surface area contributed by atoms with Crippen molar-refractivity contribution in [3.05, 3.63) is 88.2 Å². The first kappa shape index (κ1) is 20.7. The van der Waals surface area contributed by atoms with Crippen LogP contribution in [0.3, 0.4) is 0 Å². The molecule has 1 unspecified atom stereocenters. The first-order chi connectivity index (χ1) is 13.6. The van der Waals surface area contributed by atoms with Crippen LogP contribution < -0.4 is 5.32 Å². The Labute approximate surface area is 173 Å². The Balaban J connectivity index is 1.78. The van der Waals surface area contributed by atoms with Gasteiger partial charge in [0.15, 0.2) is 0 Å². The molecule has 0 spiro atoms. The smallest absolute Gasteiger partial charge is 0.146 e. The van der Waals surface area contributed by atoms with Gasteiger partial charge < -0.3 is 5.32 Å². The van der Waals surface area contributed by atoms with Crippen LogP contribution in [0.5, 0.6) is 0 Å². The minimum atomic E-state index is -0.210. The van der Waals surface area contributed by atoms with E-state index >= 15 is 0 Å². The molecule has 0 amide bonds. The fraction of sp³-hybridized carbons (Fsp3) is 0.360. The van der Waals surface area contributed by atoms with Crippen molar-refractivity contribution in [3.63, 3.8) is 0 Å². The summed E-state index contributed by atoms with van der Waals surface area (Å²) in [5.41, 5.74) is 5.82. The quantitative estimate of drug-likeness (QED) is 0.537. The summed E-state index contributed by atoms with van der Waals surface area (Å²) in [7, 11) is 0. The van der Waals surface area contributed by atoms with Crippen molar-refractivity contribution < 1.29 is 4.39 Å². The van der Waals surface area contributed by atoms with Crippen molar-refractivity contribution in [2.75, 3.05) is 17.6 Å². The zero-order chi connectivity index (χ0) is 19.9. The predicted octanol–water partition coefficient (Wildman–Crippen LogP) is 7.43.